The van der Waals surface area contributed by atoms with Crippen LogP contribution in [0.15, 0.2) is 12.4 Å². The number of nitrogens with zero attached hydrogens (tertiary/aromatic N) is 2. The van der Waals surface area contributed by atoms with Crippen molar-refractivity contribution in [1.82, 2.24) is 9.97 Å². The van der Waals surface area contributed by atoms with Crippen molar-refractivity contribution in [1.29, 1.82) is 0 Å². The molecule has 0 unspecified atom stereocenters. The van der Waals surface area contributed by atoms with Gasteiger partial charge in [0.25, 0.3) is 0 Å². The molecule has 0 bridgehead atoms. The van der Waals surface area contributed by atoms with Gasteiger partial charge in [-0.05, 0) is 12.3 Å². The van der Waals surface area contributed by atoms with Gasteiger partial charge in [-0.15, -0.1) is 0 Å². The molecule has 2 rings (SSSR count). The molecule has 1 heterocycles. The highest BCUT2D eigenvalue weighted by Crippen LogP contribution is 2.27. The fourth-order valence-corrected chi connectivity index (χ4v) is 2.49. The summed E-state index contributed by atoms with van der Waals surface area (Å²) in [6, 6.07) is 0. The summed E-state index contributed by atoms with van der Waals surface area (Å²) in [7, 11) is 0. The van der Waals surface area contributed by atoms with Crippen LogP contribution in [0.1, 0.15) is 44.9 Å². The normalized spacial score (nSPS) is 16.5. The van der Waals surface area contributed by atoms with Gasteiger partial charge in [-0.2, -0.15) is 0 Å². The molecule has 0 aromatic carbocycles. The van der Waals surface area contributed by atoms with Crippen LogP contribution in [0.2, 0.25) is 5.15 Å². The van der Waals surface area contributed by atoms with Crippen molar-refractivity contribution in [2.45, 2.75) is 44.9 Å². The minimum atomic E-state index is 0.0113. The molecule has 1 aromatic heterocycles. The maximum Gasteiger partial charge on any atom is 0.225 e. The quantitative estimate of drug-likeness (QED) is 0.909. The molecule has 1 N–H and O–H groups in total. The summed E-state index contributed by atoms with van der Waals surface area (Å²) < 4.78 is 0. The highest BCUT2D eigenvalue weighted by atomic mass is 35.5. The number of hydrogen-bond donors (Lipinski definition) is 1. The first-order valence-corrected chi connectivity index (χ1v) is 6.89. The maximum absolute atomic E-state index is 11.7. The van der Waals surface area contributed by atoms with Gasteiger partial charge in [0.1, 0.15) is 5.15 Å². The molecule has 0 radical (unpaired) electrons. The number of halogens is 1. The number of nitrogens with one attached hydrogen (secondary N) is 1. The molecule has 0 saturated heterocycles. The van der Waals surface area contributed by atoms with Crippen LogP contribution in [0, 0.1) is 5.92 Å². The molecule has 1 fully saturated rings. The van der Waals surface area contributed by atoms with E-state index in [-0.39, 0.29) is 5.91 Å². The monoisotopic (exact) mass is 267 g/mol. The van der Waals surface area contributed by atoms with E-state index in [2.05, 4.69) is 15.3 Å². The molecule has 5 heteroatoms. The van der Waals surface area contributed by atoms with Crippen LogP contribution in [0.4, 0.5) is 5.82 Å². The minimum absolute atomic E-state index is 0.0113. The van der Waals surface area contributed by atoms with Crippen molar-refractivity contribution >= 4 is 23.3 Å². The number of carbonyl (C=O) groups excluding carboxylic acids is 1. The number of hydrogen-bond acceptors (Lipinski definition) is 3. The summed E-state index contributed by atoms with van der Waals surface area (Å²) in [6.45, 7) is 0. The average Bonchev–Trinajstić information content (AvgIpc) is 2.40. The van der Waals surface area contributed by atoms with Gasteiger partial charge in [-0.3, -0.25) is 4.79 Å². The van der Waals surface area contributed by atoms with Crippen LogP contribution >= 0.6 is 11.6 Å². The summed E-state index contributed by atoms with van der Waals surface area (Å²) in [4.78, 5) is 19.6. The number of aromatic nitrogens is 2. The van der Waals surface area contributed by atoms with Crippen LogP contribution in [-0.2, 0) is 4.79 Å². The van der Waals surface area contributed by atoms with Crippen molar-refractivity contribution in [3.05, 3.63) is 17.5 Å². The first kappa shape index (κ1) is 13.3. The van der Waals surface area contributed by atoms with Crippen molar-refractivity contribution in [2.24, 2.45) is 5.92 Å². The van der Waals surface area contributed by atoms with Crippen molar-refractivity contribution < 1.29 is 4.79 Å². The highest BCUT2D eigenvalue weighted by Gasteiger charge is 2.14. The average molecular weight is 268 g/mol. The standard InChI is InChI=1S/C13H18ClN3O/c14-11-8-16-12(9-15-11)17-13(18)7-6-10-4-2-1-3-5-10/h8-10H,1-7H2,(H,16,17,18). The summed E-state index contributed by atoms with van der Waals surface area (Å²) in [6.07, 6.45) is 11.0. The topological polar surface area (TPSA) is 54.9 Å². The van der Waals surface area contributed by atoms with Crippen LogP contribution in [-0.4, -0.2) is 15.9 Å². The molecular formula is C13H18ClN3O. The van der Waals surface area contributed by atoms with Gasteiger partial charge in [0.05, 0.1) is 12.4 Å². The van der Waals surface area contributed by atoms with Gasteiger partial charge in [-0.25, -0.2) is 9.97 Å². The van der Waals surface area contributed by atoms with Crippen LogP contribution in [0.5, 0.6) is 0 Å². The molecular weight excluding hydrogens is 250 g/mol. The molecule has 1 saturated carbocycles. The van der Waals surface area contributed by atoms with E-state index in [1.54, 1.807) is 0 Å². The second kappa shape index (κ2) is 6.69. The molecule has 1 aromatic rings. The Bertz CT molecular complexity index is 388. The Kier molecular flexibility index (Phi) is 4.93. The maximum atomic E-state index is 11.7. The third-order valence-electron chi connectivity index (χ3n) is 3.39. The van der Waals surface area contributed by atoms with Gasteiger partial charge in [0, 0.05) is 6.42 Å². The zero-order valence-electron chi connectivity index (χ0n) is 10.4. The minimum Gasteiger partial charge on any atom is -0.309 e. The van der Waals surface area contributed by atoms with E-state index in [1.165, 1.54) is 44.5 Å². The van der Waals surface area contributed by atoms with E-state index < -0.39 is 0 Å². The van der Waals surface area contributed by atoms with E-state index in [9.17, 15) is 4.79 Å². The first-order valence-electron chi connectivity index (χ1n) is 6.51. The summed E-state index contributed by atoms with van der Waals surface area (Å²) >= 11 is 5.62. The van der Waals surface area contributed by atoms with Crippen molar-refractivity contribution in [2.75, 3.05) is 5.32 Å². The molecule has 4 nitrogen and oxygen atoms in total. The number of amides is 1. The highest BCUT2D eigenvalue weighted by molar-refractivity contribution is 6.29. The molecule has 0 spiro atoms. The Labute approximate surface area is 112 Å². The molecule has 0 aliphatic heterocycles. The molecule has 1 aliphatic carbocycles. The molecule has 18 heavy (non-hydrogen) atoms. The Morgan fingerprint density at radius 1 is 1.28 bits per heavy atom. The Morgan fingerprint density at radius 2 is 2.06 bits per heavy atom. The molecule has 1 amide bonds. The lowest BCUT2D eigenvalue weighted by Crippen LogP contribution is -2.15. The number of rotatable bonds is 4. The first-order chi connectivity index (χ1) is 8.74. The zero-order valence-corrected chi connectivity index (χ0v) is 11.1. The lowest BCUT2D eigenvalue weighted by molar-refractivity contribution is -0.116. The Balaban J connectivity index is 1.73. The largest absolute Gasteiger partial charge is 0.309 e. The SMILES string of the molecule is O=C(CCC1CCCCC1)Nc1cnc(Cl)cn1. The summed E-state index contributed by atoms with van der Waals surface area (Å²) in [5.41, 5.74) is 0. The predicted octanol–water partition coefficient (Wildman–Crippen LogP) is 3.43. The second-order valence-electron chi connectivity index (χ2n) is 4.82. The lowest BCUT2D eigenvalue weighted by Gasteiger charge is -2.20. The van der Waals surface area contributed by atoms with E-state index in [0.29, 0.717) is 17.4 Å². The van der Waals surface area contributed by atoms with E-state index in [0.717, 1.165) is 12.3 Å². The van der Waals surface area contributed by atoms with E-state index in [1.807, 2.05) is 0 Å². The summed E-state index contributed by atoms with van der Waals surface area (Å²) in [5.74, 6) is 1.20. The number of anilines is 1. The smallest absolute Gasteiger partial charge is 0.225 e. The molecule has 98 valence electrons. The predicted molar refractivity (Wildman–Crippen MR) is 71.5 cm³/mol. The number of carbonyl (C=O) groups is 1. The van der Waals surface area contributed by atoms with E-state index in [4.69, 9.17) is 11.6 Å². The van der Waals surface area contributed by atoms with Gasteiger partial charge in [0.2, 0.25) is 5.91 Å². The zero-order chi connectivity index (χ0) is 12.8. The fraction of sp³-hybridized carbons (Fsp3) is 0.615. The van der Waals surface area contributed by atoms with Gasteiger partial charge < -0.3 is 5.32 Å². The van der Waals surface area contributed by atoms with Crippen molar-refractivity contribution in [3.63, 3.8) is 0 Å². The van der Waals surface area contributed by atoms with Gasteiger partial charge >= 0.3 is 0 Å². The van der Waals surface area contributed by atoms with Crippen LogP contribution in [0.3, 0.4) is 0 Å². The fourth-order valence-electron chi connectivity index (χ4n) is 2.39. The third kappa shape index (κ3) is 4.26. The Hall–Kier alpha value is -1.16. The van der Waals surface area contributed by atoms with Crippen LogP contribution < -0.4 is 5.32 Å². The van der Waals surface area contributed by atoms with Gasteiger partial charge in [0.15, 0.2) is 5.82 Å². The molecule has 0 atom stereocenters. The molecule has 1 aliphatic rings. The van der Waals surface area contributed by atoms with Gasteiger partial charge in [-0.1, -0.05) is 43.7 Å². The second-order valence-corrected chi connectivity index (χ2v) is 5.20. The Morgan fingerprint density at radius 3 is 2.72 bits per heavy atom. The summed E-state index contributed by atoms with van der Waals surface area (Å²) in [5, 5.41) is 3.07. The lowest BCUT2D eigenvalue weighted by atomic mass is 9.86. The van der Waals surface area contributed by atoms with Crippen LogP contribution in [0.25, 0.3) is 0 Å². The third-order valence-corrected chi connectivity index (χ3v) is 3.59. The van der Waals surface area contributed by atoms with E-state index >= 15 is 0 Å². The van der Waals surface area contributed by atoms with Crippen molar-refractivity contribution in [3.8, 4) is 0 Å².